The summed E-state index contributed by atoms with van der Waals surface area (Å²) in [6.45, 7) is 2.63. The first kappa shape index (κ1) is 13.1. The molecule has 2 aliphatic carbocycles. The van der Waals surface area contributed by atoms with Crippen molar-refractivity contribution in [2.45, 2.75) is 44.6 Å². The lowest BCUT2D eigenvalue weighted by Crippen LogP contribution is -2.35. The van der Waals surface area contributed by atoms with E-state index < -0.39 is 0 Å². The van der Waals surface area contributed by atoms with Crippen LogP contribution in [0.5, 0.6) is 0 Å². The fourth-order valence-corrected chi connectivity index (χ4v) is 4.30. The highest BCUT2D eigenvalue weighted by Gasteiger charge is 2.44. The number of aryl methyl sites for hydroxylation is 1. The van der Waals surface area contributed by atoms with Crippen molar-refractivity contribution in [3.05, 3.63) is 35.4 Å². The number of aliphatic hydroxyl groups is 1. The van der Waals surface area contributed by atoms with E-state index >= 15 is 0 Å². The average Bonchev–Trinajstić information content (AvgIpc) is 3.04. The number of fused-ring (bicyclic) bond motifs is 2. The molecule has 3 N–H and O–H groups in total. The average molecular weight is 259 g/mol. The second kappa shape index (κ2) is 5.26. The summed E-state index contributed by atoms with van der Waals surface area (Å²) in [5.41, 5.74) is 8.41. The lowest BCUT2D eigenvalue weighted by molar-refractivity contribution is 0.0532. The van der Waals surface area contributed by atoms with Gasteiger partial charge in [-0.1, -0.05) is 36.2 Å². The van der Waals surface area contributed by atoms with Crippen molar-refractivity contribution in [3.63, 3.8) is 0 Å². The maximum atomic E-state index is 10.8. The zero-order valence-electron chi connectivity index (χ0n) is 11.8. The molecule has 0 heterocycles. The van der Waals surface area contributed by atoms with Gasteiger partial charge in [0.25, 0.3) is 0 Å². The third-order valence-corrected chi connectivity index (χ3v) is 5.40. The van der Waals surface area contributed by atoms with Crippen LogP contribution >= 0.6 is 0 Å². The SMILES string of the molecule is Cc1ccc(C(CN)C(O)C2CC3CCC2C3)cc1. The van der Waals surface area contributed by atoms with Crippen molar-refractivity contribution < 1.29 is 5.11 Å². The summed E-state index contributed by atoms with van der Waals surface area (Å²) < 4.78 is 0. The highest BCUT2D eigenvalue weighted by atomic mass is 16.3. The van der Waals surface area contributed by atoms with Crippen molar-refractivity contribution in [1.82, 2.24) is 0 Å². The molecular formula is C17H25NO. The van der Waals surface area contributed by atoms with Gasteiger partial charge >= 0.3 is 0 Å². The first-order valence-corrected chi connectivity index (χ1v) is 7.63. The molecule has 0 spiro atoms. The third kappa shape index (κ3) is 2.44. The molecular weight excluding hydrogens is 234 g/mol. The molecule has 0 radical (unpaired) electrons. The second-order valence-corrected chi connectivity index (χ2v) is 6.58. The van der Waals surface area contributed by atoms with Gasteiger partial charge in [0.2, 0.25) is 0 Å². The molecule has 2 aliphatic rings. The Morgan fingerprint density at radius 3 is 2.47 bits per heavy atom. The molecule has 104 valence electrons. The zero-order valence-corrected chi connectivity index (χ0v) is 11.8. The molecule has 3 rings (SSSR count). The van der Waals surface area contributed by atoms with Crippen molar-refractivity contribution in [2.24, 2.45) is 23.5 Å². The molecule has 0 aliphatic heterocycles. The summed E-state index contributed by atoms with van der Waals surface area (Å²) in [6.07, 6.45) is 4.99. The molecule has 2 bridgehead atoms. The van der Waals surface area contributed by atoms with Gasteiger partial charge in [-0.25, -0.2) is 0 Å². The second-order valence-electron chi connectivity index (χ2n) is 6.58. The van der Waals surface area contributed by atoms with Gasteiger partial charge in [0, 0.05) is 12.5 Å². The molecule has 0 saturated heterocycles. The molecule has 1 aromatic carbocycles. The predicted octanol–water partition coefficient (Wildman–Crippen LogP) is 2.83. The number of aliphatic hydroxyl groups excluding tert-OH is 1. The van der Waals surface area contributed by atoms with E-state index in [1.807, 2.05) is 0 Å². The predicted molar refractivity (Wildman–Crippen MR) is 77.9 cm³/mol. The molecule has 2 saturated carbocycles. The number of benzene rings is 1. The molecule has 19 heavy (non-hydrogen) atoms. The van der Waals surface area contributed by atoms with Gasteiger partial charge in [-0.2, -0.15) is 0 Å². The van der Waals surface area contributed by atoms with Crippen molar-refractivity contribution >= 4 is 0 Å². The van der Waals surface area contributed by atoms with Crippen LogP contribution in [0, 0.1) is 24.7 Å². The molecule has 0 aromatic heterocycles. The lowest BCUT2D eigenvalue weighted by atomic mass is 9.77. The minimum atomic E-state index is -0.261. The summed E-state index contributed by atoms with van der Waals surface area (Å²) >= 11 is 0. The first-order chi connectivity index (χ1) is 9.19. The molecule has 0 amide bonds. The molecule has 2 nitrogen and oxygen atoms in total. The van der Waals surface area contributed by atoms with Crippen LogP contribution < -0.4 is 5.73 Å². The monoisotopic (exact) mass is 259 g/mol. The summed E-state index contributed by atoms with van der Waals surface area (Å²) in [7, 11) is 0. The van der Waals surface area contributed by atoms with Gasteiger partial charge in [-0.3, -0.25) is 0 Å². The number of nitrogens with two attached hydrogens (primary N) is 1. The van der Waals surface area contributed by atoms with E-state index in [0.717, 1.165) is 11.8 Å². The topological polar surface area (TPSA) is 46.2 Å². The quantitative estimate of drug-likeness (QED) is 0.873. The number of rotatable bonds is 4. The Labute approximate surface area is 116 Å². The van der Waals surface area contributed by atoms with Crippen molar-refractivity contribution in [2.75, 3.05) is 6.54 Å². The summed E-state index contributed by atoms with van der Waals surface area (Å²) in [4.78, 5) is 0. The zero-order chi connectivity index (χ0) is 13.4. The van der Waals surface area contributed by atoms with Crippen LogP contribution in [0.4, 0.5) is 0 Å². The normalized spacial score (nSPS) is 32.5. The maximum Gasteiger partial charge on any atom is 0.0651 e. The van der Waals surface area contributed by atoms with E-state index in [-0.39, 0.29) is 12.0 Å². The molecule has 2 heteroatoms. The summed E-state index contributed by atoms with van der Waals surface area (Å²) in [6, 6.07) is 8.49. The van der Waals surface area contributed by atoms with Crippen LogP contribution in [0.2, 0.25) is 0 Å². The highest BCUT2D eigenvalue weighted by Crippen LogP contribution is 2.51. The number of hydrogen-bond acceptors (Lipinski definition) is 2. The lowest BCUT2D eigenvalue weighted by Gasteiger charge is -2.32. The smallest absolute Gasteiger partial charge is 0.0651 e. The van der Waals surface area contributed by atoms with Crippen LogP contribution in [0.3, 0.4) is 0 Å². The fourth-order valence-electron chi connectivity index (χ4n) is 4.30. The Morgan fingerprint density at radius 2 is 1.95 bits per heavy atom. The third-order valence-electron chi connectivity index (χ3n) is 5.40. The Hall–Kier alpha value is -0.860. The van der Waals surface area contributed by atoms with Crippen molar-refractivity contribution in [1.29, 1.82) is 0 Å². The largest absolute Gasteiger partial charge is 0.392 e. The highest BCUT2D eigenvalue weighted by molar-refractivity contribution is 5.26. The van der Waals surface area contributed by atoms with E-state index in [0.29, 0.717) is 12.5 Å². The Morgan fingerprint density at radius 1 is 1.21 bits per heavy atom. The molecule has 2 fully saturated rings. The van der Waals surface area contributed by atoms with Crippen LogP contribution in [0.1, 0.15) is 42.7 Å². The van der Waals surface area contributed by atoms with Gasteiger partial charge < -0.3 is 10.8 Å². The van der Waals surface area contributed by atoms with Crippen LogP contribution in [0.15, 0.2) is 24.3 Å². The van der Waals surface area contributed by atoms with Crippen LogP contribution in [-0.4, -0.2) is 17.8 Å². The van der Waals surface area contributed by atoms with E-state index in [1.165, 1.54) is 36.8 Å². The fraction of sp³-hybridized carbons (Fsp3) is 0.647. The van der Waals surface area contributed by atoms with E-state index in [1.54, 1.807) is 0 Å². The van der Waals surface area contributed by atoms with E-state index in [2.05, 4.69) is 31.2 Å². The van der Waals surface area contributed by atoms with Gasteiger partial charge in [-0.15, -0.1) is 0 Å². The van der Waals surface area contributed by atoms with E-state index in [9.17, 15) is 5.11 Å². The molecule has 5 unspecified atom stereocenters. The van der Waals surface area contributed by atoms with Crippen LogP contribution in [0.25, 0.3) is 0 Å². The maximum absolute atomic E-state index is 10.8. The van der Waals surface area contributed by atoms with Gasteiger partial charge in [-0.05, 0) is 49.5 Å². The molecule has 5 atom stereocenters. The summed E-state index contributed by atoms with van der Waals surface area (Å²) in [5, 5.41) is 10.8. The van der Waals surface area contributed by atoms with Gasteiger partial charge in [0.15, 0.2) is 0 Å². The standard InChI is InChI=1S/C17H25NO/c1-11-2-5-13(6-3-11)16(10-18)17(19)15-9-12-4-7-14(15)8-12/h2-3,5-6,12,14-17,19H,4,7-10,18H2,1H3. The Kier molecular flexibility index (Phi) is 3.64. The minimum Gasteiger partial charge on any atom is -0.392 e. The van der Waals surface area contributed by atoms with Crippen molar-refractivity contribution in [3.8, 4) is 0 Å². The van der Waals surface area contributed by atoms with E-state index in [4.69, 9.17) is 5.73 Å². The van der Waals surface area contributed by atoms with Crippen LogP contribution in [-0.2, 0) is 0 Å². The first-order valence-electron chi connectivity index (χ1n) is 7.63. The summed E-state index contributed by atoms with van der Waals surface area (Å²) in [5.74, 6) is 2.21. The Balaban J connectivity index is 1.76. The molecule has 1 aromatic rings. The van der Waals surface area contributed by atoms with Gasteiger partial charge in [0.1, 0.15) is 0 Å². The van der Waals surface area contributed by atoms with Gasteiger partial charge in [0.05, 0.1) is 6.10 Å². The minimum absolute atomic E-state index is 0.102. The Bertz CT molecular complexity index is 427. The number of hydrogen-bond donors (Lipinski definition) is 2.